The van der Waals surface area contributed by atoms with Crippen LogP contribution in [-0.4, -0.2) is 17.0 Å². The molecule has 4 nitrogen and oxygen atoms in total. The fraction of sp³-hybridized carbons (Fsp3) is 0.273. The van der Waals surface area contributed by atoms with E-state index in [2.05, 4.69) is 5.32 Å². The summed E-state index contributed by atoms with van der Waals surface area (Å²) >= 11 is 0. The van der Waals surface area contributed by atoms with Crippen molar-refractivity contribution in [3.05, 3.63) is 29.8 Å². The third-order valence-electron chi connectivity index (χ3n) is 1.90. The van der Waals surface area contributed by atoms with Crippen LogP contribution in [0.3, 0.4) is 0 Å². The van der Waals surface area contributed by atoms with Crippen molar-refractivity contribution in [1.82, 2.24) is 5.32 Å². The standard InChI is InChI=1S/C11H12NO3/c1-7(2)10(13)8-3-5-9(6-4-8)12-11(14)15/h3-7H,1-2H3,(H,14,15). The SMILES string of the molecule is CC(C)C(=O)c1ccc([N]C(=O)O)cc1. The van der Waals surface area contributed by atoms with Crippen molar-refractivity contribution in [3.8, 4) is 0 Å². The number of ketones is 1. The molecule has 79 valence electrons. The Kier molecular flexibility index (Phi) is 3.44. The van der Waals surface area contributed by atoms with Gasteiger partial charge >= 0.3 is 6.09 Å². The zero-order chi connectivity index (χ0) is 11.4. The maximum absolute atomic E-state index is 11.5. The van der Waals surface area contributed by atoms with Gasteiger partial charge < -0.3 is 5.11 Å². The predicted molar refractivity (Wildman–Crippen MR) is 55.4 cm³/mol. The second-order valence-corrected chi connectivity index (χ2v) is 3.46. The molecule has 1 aromatic rings. The fourth-order valence-electron chi connectivity index (χ4n) is 1.14. The van der Waals surface area contributed by atoms with E-state index in [0.717, 1.165) is 0 Å². The summed E-state index contributed by atoms with van der Waals surface area (Å²) in [6.45, 7) is 3.63. The molecular weight excluding hydrogens is 194 g/mol. The van der Waals surface area contributed by atoms with Gasteiger partial charge in [-0.2, -0.15) is 5.32 Å². The van der Waals surface area contributed by atoms with Crippen LogP contribution in [0.4, 0.5) is 10.5 Å². The summed E-state index contributed by atoms with van der Waals surface area (Å²) in [5.74, 6) is -0.0239. The third-order valence-corrected chi connectivity index (χ3v) is 1.90. The van der Waals surface area contributed by atoms with Crippen LogP contribution < -0.4 is 5.32 Å². The lowest BCUT2D eigenvalue weighted by Crippen LogP contribution is -2.08. The second-order valence-electron chi connectivity index (χ2n) is 3.46. The highest BCUT2D eigenvalue weighted by Gasteiger charge is 2.10. The van der Waals surface area contributed by atoms with Gasteiger partial charge in [-0.3, -0.25) is 4.79 Å². The van der Waals surface area contributed by atoms with E-state index in [1.807, 2.05) is 13.8 Å². The summed E-state index contributed by atoms with van der Waals surface area (Å²) in [4.78, 5) is 21.8. The van der Waals surface area contributed by atoms with Crippen LogP contribution in [0.1, 0.15) is 24.2 Å². The molecule has 0 saturated heterocycles. The monoisotopic (exact) mass is 206 g/mol. The predicted octanol–water partition coefficient (Wildman–Crippen LogP) is 2.44. The molecule has 0 heterocycles. The quantitative estimate of drug-likeness (QED) is 0.772. The molecule has 1 radical (unpaired) electrons. The van der Waals surface area contributed by atoms with Gasteiger partial charge in [0, 0.05) is 11.5 Å². The first kappa shape index (κ1) is 11.2. The van der Waals surface area contributed by atoms with E-state index in [1.165, 1.54) is 12.1 Å². The Labute approximate surface area is 87.9 Å². The number of carbonyl (C=O) groups is 2. The smallest absolute Gasteiger partial charge is 0.431 e. The summed E-state index contributed by atoms with van der Waals surface area (Å²) in [6, 6.07) is 6.21. The Bertz CT molecular complexity index is 368. The average Bonchev–Trinajstić information content (AvgIpc) is 2.17. The number of benzene rings is 1. The zero-order valence-electron chi connectivity index (χ0n) is 8.60. The highest BCUT2D eigenvalue weighted by molar-refractivity contribution is 5.97. The first-order valence-corrected chi connectivity index (χ1v) is 4.59. The molecule has 15 heavy (non-hydrogen) atoms. The van der Waals surface area contributed by atoms with Crippen molar-refractivity contribution < 1.29 is 14.7 Å². The molecule has 0 bridgehead atoms. The minimum absolute atomic E-state index is 0.0388. The van der Waals surface area contributed by atoms with E-state index in [1.54, 1.807) is 12.1 Å². The number of carboxylic acid groups (broad SMARTS) is 1. The summed E-state index contributed by atoms with van der Waals surface area (Å²) in [7, 11) is 0. The molecule has 0 atom stereocenters. The molecule has 0 aliphatic carbocycles. The van der Waals surface area contributed by atoms with Gasteiger partial charge in [-0.25, -0.2) is 4.79 Å². The van der Waals surface area contributed by atoms with E-state index in [9.17, 15) is 9.59 Å². The van der Waals surface area contributed by atoms with Crippen LogP contribution in [0.25, 0.3) is 0 Å². The van der Waals surface area contributed by atoms with Crippen LogP contribution in [0.15, 0.2) is 24.3 Å². The van der Waals surface area contributed by atoms with Crippen LogP contribution in [-0.2, 0) is 0 Å². The fourth-order valence-corrected chi connectivity index (χ4v) is 1.14. The van der Waals surface area contributed by atoms with Gasteiger partial charge in [0.25, 0.3) is 0 Å². The maximum Gasteiger partial charge on any atom is 0.431 e. The van der Waals surface area contributed by atoms with Gasteiger partial charge in [-0.1, -0.05) is 13.8 Å². The number of amides is 1. The number of hydrogen-bond donors (Lipinski definition) is 1. The van der Waals surface area contributed by atoms with Gasteiger partial charge in [-0.05, 0) is 24.3 Å². The van der Waals surface area contributed by atoms with Crippen molar-refractivity contribution in [1.29, 1.82) is 0 Å². The Morgan fingerprint density at radius 3 is 2.13 bits per heavy atom. The molecule has 0 saturated carbocycles. The average molecular weight is 206 g/mol. The lowest BCUT2D eigenvalue weighted by molar-refractivity contribution is 0.0939. The van der Waals surface area contributed by atoms with E-state index in [0.29, 0.717) is 11.3 Å². The molecular formula is C11H12NO3. The lowest BCUT2D eigenvalue weighted by Gasteiger charge is -2.04. The van der Waals surface area contributed by atoms with Gasteiger partial charge in [0.15, 0.2) is 5.78 Å². The Morgan fingerprint density at radius 1 is 1.20 bits per heavy atom. The molecule has 4 heteroatoms. The highest BCUT2D eigenvalue weighted by atomic mass is 16.4. The van der Waals surface area contributed by atoms with Crippen molar-refractivity contribution in [2.75, 3.05) is 0 Å². The van der Waals surface area contributed by atoms with Crippen molar-refractivity contribution in [3.63, 3.8) is 0 Å². The zero-order valence-corrected chi connectivity index (χ0v) is 8.60. The summed E-state index contributed by atoms with van der Waals surface area (Å²) in [6.07, 6.45) is -1.24. The summed E-state index contributed by atoms with van der Waals surface area (Å²) < 4.78 is 0. The molecule has 0 aliphatic heterocycles. The van der Waals surface area contributed by atoms with E-state index < -0.39 is 6.09 Å². The Balaban J connectivity index is 2.81. The number of nitrogens with zero attached hydrogens (tertiary/aromatic N) is 1. The highest BCUT2D eigenvalue weighted by Crippen LogP contribution is 2.13. The first-order chi connectivity index (χ1) is 7.00. The number of Topliss-reactive ketones (excluding diaryl/α,β-unsaturated/α-hetero) is 1. The normalized spacial score (nSPS) is 10.1. The largest absolute Gasteiger partial charge is 0.463 e. The molecule has 1 aromatic carbocycles. The molecule has 0 spiro atoms. The lowest BCUT2D eigenvalue weighted by atomic mass is 10.0. The molecule has 0 aliphatic rings. The van der Waals surface area contributed by atoms with Crippen LogP contribution in [0.2, 0.25) is 0 Å². The molecule has 1 amide bonds. The third kappa shape index (κ3) is 3.09. The van der Waals surface area contributed by atoms with Crippen molar-refractivity contribution >= 4 is 17.6 Å². The summed E-state index contributed by atoms with van der Waals surface area (Å²) in [5.41, 5.74) is 0.914. The molecule has 0 aromatic heterocycles. The molecule has 0 unspecified atom stereocenters. The number of hydrogen-bond acceptors (Lipinski definition) is 2. The van der Waals surface area contributed by atoms with Gasteiger partial charge in [-0.15, -0.1) is 0 Å². The van der Waals surface area contributed by atoms with Crippen LogP contribution >= 0.6 is 0 Å². The number of carbonyl (C=O) groups excluding carboxylic acids is 1. The van der Waals surface area contributed by atoms with Crippen molar-refractivity contribution in [2.45, 2.75) is 13.8 Å². The van der Waals surface area contributed by atoms with Crippen LogP contribution in [0.5, 0.6) is 0 Å². The Morgan fingerprint density at radius 2 is 1.73 bits per heavy atom. The maximum atomic E-state index is 11.5. The topological polar surface area (TPSA) is 68.5 Å². The molecule has 0 fully saturated rings. The van der Waals surface area contributed by atoms with Gasteiger partial charge in [0.05, 0.1) is 5.69 Å². The molecule has 1 rings (SSSR count). The van der Waals surface area contributed by atoms with Gasteiger partial charge in [0.2, 0.25) is 0 Å². The van der Waals surface area contributed by atoms with Crippen molar-refractivity contribution in [2.24, 2.45) is 5.92 Å². The van der Waals surface area contributed by atoms with E-state index >= 15 is 0 Å². The molecule has 1 N–H and O–H groups in total. The first-order valence-electron chi connectivity index (χ1n) is 4.59. The number of rotatable bonds is 3. The minimum atomic E-state index is -1.24. The van der Waals surface area contributed by atoms with Gasteiger partial charge in [0.1, 0.15) is 0 Å². The summed E-state index contributed by atoms with van der Waals surface area (Å²) in [5, 5.41) is 11.7. The second kappa shape index (κ2) is 4.59. The van der Waals surface area contributed by atoms with E-state index in [4.69, 9.17) is 5.11 Å². The minimum Gasteiger partial charge on any atom is -0.463 e. The Hall–Kier alpha value is -1.84. The van der Waals surface area contributed by atoms with E-state index in [-0.39, 0.29) is 11.7 Å². The van der Waals surface area contributed by atoms with Crippen LogP contribution in [0, 0.1) is 5.92 Å².